The van der Waals surface area contributed by atoms with Crippen molar-refractivity contribution in [2.75, 3.05) is 11.7 Å². The molecule has 0 saturated heterocycles. The Kier molecular flexibility index (Phi) is 4.59. The highest BCUT2D eigenvalue weighted by atomic mass is 16.7. The molecule has 0 aliphatic carbocycles. The fourth-order valence-electron chi connectivity index (χ4n) is 3.95. The van der Waals surface area contributed by atoms with Crippen LogP contribution in [-0.2, 0) is 16.1 Å². The number of amides is 1. The van der Waals surface area contributed by atoms with Crippen LogP contribution in [0.2, 0.25) is 0 Å². The molecular formula is C24H19NO5. The van der Waals surface area contributed by atoms with Gasteiger partial charge >= 0.3 is 5.97 Å². The maximum atomic E-state index is 13.2. The van der Waals surface area contributed by atoms with Crippen LogP contribution in [-0.4, -0.2) is 18.7 Å². The monoisotopic (exact) mass is 401 g/mol. The van der Waals surface area contributed by atoms with Gasteiger partial charge in [-0.05, 0) is 29.8 Å². The number of para-hydroxylation sites is 1. The zero-order chi connectivity index (χ0) is 20.5. The quantitative estimate of drug-likeness (QED) is 0.598. The largest absolute Gasteiger partial charge is 0.461 e. The number of nitrogens with zero attached hydrogens (tertiary/aromatic N) is 1. The average Bonchev–Trinajstić information content (AvgIpc) is 3.36. The number of anilines is 1. The molecule has 5 rings (SSSR count). The average molecular weight is 401 g/mol. The minimum absolute atomic E-state index is 0.0142. The van der Waals surface area contributed by atoms with Gasteiger partial charge in [-0.15, -0.1) is 0 Å². The first-order valence-corrected chi connectivity index (χ1v) is 9.73. The van der Waals surface area contributed by atoms with Crippen LogP contribution in [0.4, 0.5) is 5.69 Å². The summed E-state index contributed by atoms with van der Waals surface area (Å²) in [5, 5.41) is 0. The molecule has 1 atom stereocenters. The Morgan fingerprint density at radius 3 is 2.47 bits per heavy atom. The summed E-state index contributed by atoms with van der Waals surface area (Å²) in [7, 11) is 0. The minimum atomic E-state index is -0.533. The smallest absolute Gasteiger partial charge is 0.308 e. The summed E-state index contributed by atoms with van der Waals surface area (Å²) in [6, 6.07) is 21.7. The van der Waals surface area contributed by atoms with Crippen molar-refractivity contribution >= 4 is 17.6 Å². The Morgan fingerprint density at radius 1 is 0.967 bits per heavy atom. The van der Waals surface area contributed by atoms with Gasteiger partial charge in [0.25, 0.3) is 5.91 Å². The van der Waals surface area contributed by atoms with E-state index in [9.17, 15) is 9.59 Å². The first kappa shape index (κ1) is 18.2. The van der Waals surface area contributed by atoms with Crippen LogP contribution in [0.1, 0.15) is 33.9 Å². The van der Waals surface area contributed by atoms with E-state index >= 15 is 0 Å². The van der Waals surface area contributed by atoms with E-state index in [4.69, 9.17) is 14.2 Å². The Balaban J connectivity index is 1.47. The summed E-state index contributed by atoms with van der Waals surface area (Å²) in [6.45, 7) is 0.279. The standard InChI is InChI=1S/C24H19NO5/c26-21(28-14-16-7-3-1-4-8-16)13-19-22-18(11-12-20-23(22)30-15-29-20)24(27)25(19)17-9-5-2-6-10-17/h1-12,19H,13-15H2. The Labute approximate surface area is 173 Å². The van der Waals surface area contributed by atoms with Crippen LogP contribution in [0.3, 0.4) is 0 Å². The molecule has 6 heteroatoms. The molecule has 30 heavy (non-hydrogen) atoms. The van der Waals surface area contributed by atoms with Crippen molar-refractivity contribution in [3.8, 4) is 11.5 Å². The van der Waals surface area contributed by atoms with Crippen LogP contribution >= 0.6 is 0 Å². The predicted octanol–water partition coefficient (Wildman–Crippen LogP) is 4.25. The minimum Gasteiger partial charge on any atom is -0.461 e. The number of rotatable bonds is 5. The molecule has 0 bridgehead atoms. The summed E-state index contributed by atoms with van der Waals surface area (Å²) in [6.07, 6.45) is 0.0142. The lowest BCUT2D eigenvalue weighted by molar-refractivity contribution is -0.145. The number of hydrogen-bond donors (Lipinski definition) is 0. The van der Waals surface area contributed by atoms with Gasteiger partial charge < -0.3 is 19.1 Å². The number of hydrogen-bond acceptors (Lipinski definition) is 5. The van der Waals surface area contributed by atoms with Crippen LogP contribution < -0.4 is 14.4 Å². The highest BCUT2D eigenvalue weighted by Crippen LogP contribution is 2.49. The molecule has 150 valence electrons. The molecule has 6 nitrogen and oxygen atoms in total. The zero-order valence-corrected chi connectivity index (χ0v) is 16.1. The molecule has 0 aromatic heterocycles. The molecule has 0 N–H and O–H groups in total. The predicted molar refractivity (Wildman–Crippen MR) is 109 cm³/mol. The topological polar surface area (TPSA) is 65.1 Å². The van der Waals surface area contributed by atoms with Gasteiger partial charge in [-0.25, -0.2) is 0 Å². The molecule has 0 spiro atoms. The molecule has 0 saturated carbocycles. The maximum Gasteiger partial charge on any atom is 0.308 e. The van der Waals surface area contributed by atoms with Crippen molar-refractivity contribution in [1.82, 2.24) is 0 Å². The molecule has 2 aliphatic rings. The molecule has 0 radical (unpaired) electrons. The van der Waals surface area contributed by atoms with E-state index in [-0.39, 0.29) is 31.7 Å². The van der Waals surface area contributed by atoms with Crippen molar-refractivity contribution < 1.29 is 23.8 Å². The number of esters is 1. The fraction of sp³-hybridized carbons (Fsp3) is 0.167. The number of benzene rings is 3. The van der Waals surface area contributed by atoms with Gasteiger partial charge in [-0.3, -0.25) is 9.59 Å². The number of ether oxygens (including phenoxy) is 3. The Morgan fingerprint density at radius 2 is 1.70 bits per heavy atom. The van der Waals surface area contributed by atoms with E-state index in [0.29, 0.717) is 28.3 Å². The molecule has 1 unspecified atom stereocenters. The lowest BCUT2D eigenvalue weighted by Gasteiger charge is -2.25. The fourth-order valence-corrected chi connectivity index (χ4v) is 3.95. The SMILES string of the molecule is O=C(CC1c2c(ccc3c2OCO3)C(=O)N1c1ccccc1)OCc1ccccc1. The van der Waals surface area contributed by atoms with E-state index in [1.807, 2.05) is 60.7 Å². The second-order valence-corrected chi connectivity index (χ2v) is 7.14. The summed E-state index contributed by atoms with van der Waals surface area (Å²) in [4.78, 5) is 27.6. The van der Waals surface area contributed by atoms with Gasteiger partial charge in [0, 0.05) is 16.8 Å². The van der Waals surface area contributed by atoms with E-state index in [1.54, 1.807) is 17.0 Å². The van der Waals surface area contributed by atoms with Crippen LogP contribution in [0.5, 0.6) is 11.5 Å². The van der Waals surface area contributed by atoms with Crippen LogP contribution in [0.25, 0.3) is 0 Å². The van der Waals surface area contributed by atoms with Crippen molar-refractivity contribution in [2.45, 2.75) is 19.1 Å². The molecule has 0 fully saturated rings. The summed E-state index contributed by atoms with van der Waals surface area (Å²) >= 11 is 0. The molecule has 2 aliphatic heterocycles. The second-order valence-electron chi connectivity index (χ2n) is 7.14. The van der Waals surface area contributed by atoms with Gasteiger partial charge in [-0.2, -0.15) is 0 Å². The summed E-state index contributed by atoms with van der Waals surface area (Å²) in [5.74, 6) is 0.552. The lowest BCUT2D eigenvalue weighted by Crippen LogP contribution is -2.29. The second kappa shape index (κ2) is 7.55. The third-order valence-corrected chi connectivity index (χ3v) is 5.31. The van der Waals surface area contributed by atoms with Crippen LogP contribution in [0.15, 0.2) is 72.8 Å². The summed E-state index contributed by atoms with van der Waals surface area (Å²) < 4.78 is 16.6. The van der Waals surface area contributed by atoms with E-state index in [0.717, 1.165) is 5.56 Å². The van der Waals surface area contributed by atoms with Gasteiger partial charge in [0.2, 0.25) is 6.79 Å². The van der Waals surface area contributed by atoms with Crippen molar-refractivity contribution in [2.24, 2.45) is 0 Å². The van der Waals surface area contributed by atoms with E-state index in [1.165, 1.54) is 0 Å². The maximum absolute atomic E-state index is 13.2. The zero-order valence-electron chi connectivity index (χ0n) is 16.1. The molecule has 1 amide bonds. The van der Waals surface area contributed by atoms with Crippen molar-refractivity contribution in [3.05, 3.63) is 89.5 Å². The Hall–Kier alpha value is -3.80. The molecular weight excluding hydrogens is 382 g/mol. The van der Waals surface area contributed by atoms with E-state index < -0.39 is 6.04 Å². The van der Waals surface area contributed by atoms with E-state index in [2.05, 4.69) is 0 Å². The normalized spacial score (nSPS) is 16.5. The Bertz CT molecular complexity index is 1100. The van der Waals surface area contributed by atoms with Gasteiger partial charge in [-0.1, -0.05) is 48.5 Å². The van der Waals surface area contributed by atoms with Crippen LogP contribution in [0, 0.1) is 0 Å². The van der Waals surface area contributed by atoms with Gasteiger partial charge in [0.15, 0.2) is 11.5 Å². The van der Waals surface area contributed by atoms with Gasteiger partial charge in [0.05, 0.1) is 12.5 Å². The number of fused-ring (bicyclic) bond motifs is 3. The van der Waals surface area contributed by atoms with Crippen molar-refractivity contribution in [3.63, 3.8) is 0 Å². The van der Waals surface area contributed by atoms with Gasteiger partial charge in [0.1, 0.15) is 6.61 Å². The molecule has 2 heterocycles. The molecule has 3 aromatic rings. The first-order valence-electron chi connectivity index (χ1n) is 9.73. The highest BCUT2D eigenvalue weighted by molar-refractivity contribution is 6.12. The number of carbonyl (C=O) groups excluding carboxylic acids is 2. The van der Waals surface area contributed by atoms with Crippen molar-refractivity contribution in [1.29, 1.82) is 0 Å². The third kappa shape index (κ3) is 3.16. The lowest BCUT2D eigenvalue weighted by atomic mass is 10.00. The first-order chi connectivity index (χ1) is 14.7. The highest BCUT2D eigenvalue weighted by Gasteiger charge is 2.43. The number of carbonyl (C=O) groups is 2. The molecule has 3 aromatic carbocycles. The third-order valence-electron chi connectivity index (χ3n) is 5.31. The summed E-state index contributed by atoms with van der Waals surface area (Å²) in [5.41, 5.74) is 2.82.